The van der Waals surface area contributed by atoms with Gasteiger partial charge in [0.15, 0.2) is 0 Å². The smallest absolute Gasteiger partial charge is 0.292 e. The topological polar surface area (TPSA) is 60.2 Å². The van der Waals surface area contributed by atoms with Crippen molar-refractivity contribution in [1.82, 2.24) is 0 Å². The first kappa shape index (κ1) is 13.3. The standard InChI is InChI=1S/C8H13NO3.Ca/c10-8-6-4-2-1-3-5-7(8)9(11)12;/h7H,1-6H2;/q;+2. The van der Waals surface area contributed by atoms with E-state index in [0.717, 1.165) is 25.7 Å². The summed E-state index contributed by atoms with van der Waals surface area (Å²) < 4.78 is 0. The number of hydrogen-bond acceptors (Lipinski definition) is 3. The van der Waals surface area contributed by atoms with Gasteiger partial charge in [0.05, 0.1) is 0 Å². The molecule has 0 saturated heterocycles. The SMILES string of the molecule is O=C1CCCCCCC1[N+](=O)[O-].[Ca+2]. The van der Waals surface area contributed by atoms with Gasteiger partial charge in [-0.15, -0.1) is 0 Å². The third-order valence-corrected chi connectivity index (χ3v) is 2.28. The van der Waals surface area contributed by atoms with Crippen molar-refractivity contribution in [2.75, 3.05) is 0 Å². The van der Waals surface area contributed by atoms with E-state index in [1.807, 2.05) is 0 Å². The van der Waals surface area contributed by atoms with Gasteiger partial charge in [-0.3, -0.25) is 14.9 Å². The minimum atomic E-state index is -0.912. The van der Waals surface area contributed by atoms with Crippen LogP contribution < -0.4 is 0 Å². The quantitative estimate of drug-likeness (QED) is 0.371. The summed E-state index contributed by atoms with van der Waals surface area (Å²) in [5.74, 6) is -0.181. The zero-order valence-electron chi connectivity index (χ0n) is 7.70. The third-order valence-electron chi connectivity index (χ3n) is 2.28. The number of ketones is 1. The fourth-order valence-electron chi connectivity index (χ4n) is 1.54. The van der Waals surface area contributed by atoms with Gasteiger partial charge in [-0.25, -0.2) is 0 Å². The number of hydrogen-bond donors (Lipinski definition) is 0. The van der Waals surface area contributed by atoms with E-state index in [4.69, 9.17) is 0 Å². The molecule has 0 aromatic rings. The van der Waals surface area contributed by atoms with Crippen LogP contribution in [0.3, 0.4) is 0 Å². The molecule has 0 bridgehead atoms. The predicted molar refractivity (Wildman–Crippen MR) is 49.2 cm³/mol. The monoisotopic (exact) mass is 211 g/mol. The zero-order valence-corrected chi connectivity index (χ0v) is 9.91. The van der Waals surface area contributed by atoms with E-state index in [-0.39, 0.29) is 43.5 Å². The second-order valence-electron chi connectivity index (χ2n) is 3.22. The van der Waals surface area contributed by atoms with Crippen molar-refractivity contribution in [2.24, 2.45) is 0 Å². The molecule has 4 nitrogen and oxygen atoms in total. The molecule has 1 atom stereocenters. The Morgan fingerprint density at radius 3 is 2.46 bits per heavy atom. The number of nitro groups is 1. The van der Waals surface area contributed by atoms with Crippen LogP contribution in [0.2, 0.25) is 0 Å². The molecule has 68 valence electrons. The minimum absolute atomic E-state index is 0. The van der Waals surface area contributed by atoms with Crippen molar-refractivity contribution < 1.29 is 9.72 Å². The molecule has 0 N–H and O–H groups in total. The van der Waals surface area contributed by atoms with Crippen LogP contribution in [0.15, 0.2) is 0 Å². The molecule has 0 aromatic carbocycles. The van der Waals surface area contributed by atoms with E-state index in [9.17, 15) is 14.9 Å². The molecule has 1 unspecified atom stereocenters. The molecule has 1 saturated carbocycles. The van der Waals surface area contributed by atoms with Crippen LogP contribution in [0.5, 0.6) is 0 Å². The summed E-state index contributed by atoms with van der Waals surface area (Å²) in [6.07, 6.45) is 4.53. The molecule has 0 radical (unpaired) electrons. The Labute approximate surface area is 107 Å². The zero-order chi connectivity index (χ0) is 8.97. The summed E-state index contributed by atoms with van der Waals surface area (Å²) in [5, 5.41) is 10.4. The van der Waals surface area contributed by atoms with Crippen molar-refractivity contribution in [3.05, 3.63) is 10.1 Å². The first-order chi connectivity index (χ1) is 5.72. The van der Waals surface area contributed by atoms with Gasteiger partial charge in [0.25, 0.3) is 6.04 Å². The Bertz CT molecular complexity index is 196. The van der Waals surface area contributed by atoms with Crippen molar-refractivity contribution in [1.29, 1.82) is 0 Å². The Morgan fingerprint density at radius 1 is 1.23 bits per heavy atom. The number of carbonyl (C=O) groups excluding carboxylic acids is 1. The average Bonchev–Trinajstić information content (AvgIpc) is 1.96. The average molecular weight is 211 g/mol. The molecular formula is C8H13CaNO3+2. The summed E-state index contributed by atoms with van der Waals surface area (Å²) in [5.41, 5.74) is 0. The molecule has 5 heteroatoms. The van der Waals surface area contributed by atoms with Gasteiger partial charge in [-0.05, 0) is 12.8 Å². The predicted octanol–water partition coefficient (Wildman–Crippen LogP) is 1.17. The molecule has 1 fully saturated rings. The van der Waals surface area contributed by atoms with E-state index in [0.29, 0.717) is 12.8 Å². The van der Waals surface area contributed by atoms with Crippen LogP contribution in [0.25, 0.3) is 0 Å². The number of nitrogens with zero attached hydrogens (tertiary/aromatic N) is 1. The fraction of sp³-hybridized carbons (Fsp3) is 0.875. The first-order valence-electron chi connectivity index (χ1n) is 4.38. The van der Waals surface area contributed by atoms with Crippen LogP contribution in [0.4, 0.5) is 0 Å². The van der Waals surface area contributed by atoms with E-state index < -0.39 is 11.0 Å². The van der Waals surface area contributed by atoms with Crippen molar-refractivity contribution in [3.63, 3.8) is 0 Å². The molecule has 0 aromatic heterocycles. The summed E-state index contributed by atoms with van der Waals surface area (Å²) in [7, 11) is 0. The molecule has 1 rings (SSSR count). The molecule has 0 spiro atoms. The summed E-state index contributed by atoms with van der Waals surface area (Å²) in [4.78, 5) is 21.1. The maximum Gasteiger partial charge on any atom is 2.00 e. The molecule has 13 heavy (non-hydrogen) atoms. The Hall–Kier alpha value is 0.330. The van der Waals surface area contributed by atoms with E-state index >= 15 is 0 Å². The third kappa shape index (κ3) is 4.38. The maximum atomic E-state index is 11.2. The summed E-state index contributed by atoms with van der Waals surface area (Å²) in [6, 6.07) is -0.912. The van der Waals surface area contributed by atoms with Gasteiger partial charge < -0.3 is 0 Å². The first-order valence-corrected chi connectivity index (χ1v) is 4.38. The van der Waals surface area contributed by atoms with Gasteiger partial charge in [-0.1, -0.05) is 12.8 Å². The molecular weight excluding hydrogens is 198 g/mol. The van der Waals surface area contributed by atoms with Crippen LogP contribution in [0.1, 0.15) is 38.5 Å². The molecule has 1 aliphatic rings. The Morgan fingerprint density at radius 2 is 1.85 bits per heavy atom. The maximum absolute atomic E-state index is 11.2. The second-order valence-corrected chi connectivity index (χ2v) is 3.22. The molecule has 0 amide bonds. The fourth-order valence-corrected chi connectivity index (χ4v) is 1.54. The van der Waals surface area contributed by atoms with Gasteiger partial charge in [0.1, 0.15) is 0 Å². The summed E-state index contributed by atoms with van der Waals surface area (Å²) in [6.45, 7) is 0. The van der Waals surface area contributed by atoms with Crippen molar-refractivity contribution in [2.45, 2.75) is 44.6 Å². The van der Waals surface area contributed by atoms with Gasteiger partial charge in [0, 0.05) is 17.8 Å². The molecule has 0 aliphatic heterocycles. The van der Waals surface area contributed by atoms with Gasteiger partial charge in [-0.2, -0.15) is 0 Å². The normalized spacial score (nSPS) is 24.0. The Kier molecular flexibility index (Phi) is 6.91. The van der Waals surface area contributed by atoms with E-state index in [2.05, 4.69) is 0 Å². The van der Waals surface area contributed by atoms with Crippen LogP contribution in [0, 0.1) is 10.1 Å². The molecule has 0 heterocycles. The largest absolute Gasteiger partial charge is 2.00 e. The van der Waals surface area contributed by atoms with E-state index in [1.54, 1.807) is 0 Å². The second kappa shape index (κ2) is 6.73. The summed E-state index contributed by atoms with van der Waals surface area (Å²) >= 11 is 0. The van der Waals surface area contributed by atoms with Gasteiger partial charge in [0.2, 0.25) is 5.78 Å². The van der Waals surface area contributed by atoms with Gasteiger partial charge >= 0.3 is 37.7 Å². The van der Waals surface area contributed by atoms with Crippen LogP contribution in [-0.4, -0.2) is 54.5 Å². The van der Waals surface area contributed by atoms with Crippen LogP contribution in [-0.2, 0) is 4.79 Å². The van der Waals surface area contributed by atoms with Crippen molar-refractivity contribution in [3.8, 4) is 0 Å². The minimum Gasteiger partial charge on any atom is -0.292 e. The number of carbonyl (C=O) groups is 1. The molecule has 1 aliphatic carbocycles. The number of rotatable bonds is 1. The number of Topliss-reactive ketones (excluding diaryl/α,β-unsaturated/α-hetero) is 1. The Balaban J connectivity index is 0.00000144. The van der Waals surface area contributed by atoms with E-state index in [1.165, 1.54) is 0 Å². The van der Waals surface area contributed by atoms with Crippen molar-refractivity contribution >= 4 is 43.5 Å². The van der Waals surface area contributed by atoms with Crippen LogP contribution >= 0.6 is 0 Å².